The number of hydrogen-bond donors (Lipinski definition) is 4. The van der Waals surface area contributed by atoms with Gasteiger partial charge < -0.3 is 5.32 Å². The molecule has 0 aromatic carbocycles. The van der Waals surface area contributed by atoms with Crippen molar-refractivity contribution in [3.05, 3.63) is 10.2 Å². The molecule has 0 aromatic rings. The summed E-state index contributed by atoms with van der Waals surface area (Å²) in [7, 11) is 0. The molecule has 0 aromatic heterocycles. The second kappa shape index (κ2) is 14.2. The maximum atomic E-state index is 11.6. The first kappa shape index (κ1) is 22.8. The summed E-state index contributed by atoms with van der Waals surface area (Å²) in [6, 6.07) is 0.0821. The standard InChI is InChI=1S/C16H29IN3O4/c1-12(2)13(3)20-16(23)11-19-14(21)7-5-4-6-10-18-15(22)8-9-17-24/h8-9,12-13,24H,4-7,10-11H2,1-3H3,(H,18,22)(H,19,21)(H,20,23)/q-1/b9-8-. The van der Waals surface area contributed by atoms with E-state index in [1.165, 1.54) is 10.2 Å². The van der Waals surface area contributed by atoms with E-state index in [0.717, 1.165) is 12.8 Å². The molecule has 24 heavy (non-hydrogen) atoms. The average molecular weight is 454 g/mol. The molecule has 0 radical (unpaired) electrons. The van der Waals surface area contributed by atoms with Gasteiger partial charge in [0.25, 0.3) is 0 Å². The van der Waals surface area contributed by atoms with Gasteiger partial charge in [0.15, 0.2) is 0 Å². The van der Waals surface area contributed by atoms with Crippen LogP contribution in [0.1, 0.15) is 46.5 Å². The molecule has 0 rings (SSSR count). The van der Waals surface area contributed by atoms with Gasteiger partial charge in [0, 0.05) is 6.04 Å². The minimum atomic E-state index is -0.991. The quantitative estimate of drug-likeness (QED) is 0.148. The third-order valence-electron chi connectivity index (χ3n) is 3.49. The van der Waals surface area contributed by atoms with Gasteiger partial charge in [0.05, 0.1) is 0 Å². The molecule has 0 saturated heterocycles. The van der Waals surface area contributed by atoms with E-state index in [-0.39, 0.29) is 30.3 Å². The summed E-state index contributed by atoms with van der Waals surface area (Å²) in [6.07, 6.45) is 4.03. The van der Waals surface area contributed by atoms with Crippen molar-refractivity contribution in [2.24, 2.45) is 5.92 Å². The molecule has 4 N–H and O–H groups in total. The van der Waals surface area contributed by atoms with E-state index in [9.17, 15) is 14.4 Å². The molecule has 0 aliphatic rings. The van der Waals surface area contributed by atoms with Gasteiger partial charge >= 0.3 is 106 Å². The fourth-order valence-corrected chi connectivity index (χ4v) is 2.17. The molecule has 0 saturated carbocycles. The Balaban J connectivity index is 3.61. The molecule has 0 fully saturated rings. The molecular weight excluding hydrogens is 425 g/mol. The van der Waals surface area contributed by atoms with Crippen molar-refractivity contribution in [2.75, 3.05) is 13.1 Å². The van der Waals surface area contributed by atoms with Crippen LogP contribution in [0.4, 0.5) is 0 Å². The Morgan fingerprint density at radius 3 is 2.38 bits per heavy atom. The topological polar surface area (TPSA) is 108 Å². The summed E-state index contributed by atoms with van der Waals surface area (Å²) in [5.41, 5.74) is 0. The van der Waals surface area contributed by atoms with Gasteiger partial charge in [-0.2, -0.15) is 0 Å². The zero-order chi connectivity index (χ0) is 18.4. The van der Waals surface area contributed by atoms with Gasteiger partial charge in [-0.3, -0.25) is 4.79 Å². The van der Waals surface area contributed by atoms with Crippen LogP contribution in [0.3, 0.4) is 0 Å². The van der Waals surface area contributed by atoms with Gasteiger partial charge in [-0.15, -0.1) is 0 Å². The van der Waals surface area contributed by atoms with Crippen molar-refractivity contribution < 1.29 is 39.4 Å². The van der Waals surface area contributed by atoms with E-state index in [2.05, 4.69) is 16.0 Å². The predicted octanol–water partition coefficient (Wildman–Crippen LogP) is -2.55. The predicted molar refractivity (Wildman–Crippen MR) is 88.3 cm³/mol. The molecule has 140 valence electrons. The Hall–Kier alpha value is -1.16. The van der Waals surface area contributed by atoms with Crippen molar-refractivity contribution >= 4 is 17.7 Å². The van der Waals surface area contributed by atoms with Crippen LogP contribution in [-0.2, 0) is 14.4 Å². The summed E-state index contributed by atoms with van der Waals surface area (Å²) < 4.78 is 10.1. The molecule has 8 heteroatoms. The number of unbranched alkanes of at least 4 members (excludes halogenated alkanes) is 2. The summed E-state index contributed by atoms with van der Waals surface area (Å²) in [6.45, 7) is 6.53. The number of halogens is 1. The van der Waals surface area contributed by atoms with E-state index in [1.54, 1.807) is 0 Å². The Labute approximate surface area is 154 Å². The van der Waals surface area contributed by atoms with Crippen molar-refractivity contribution in [1.82, 2.24) is 16.0 Å². The zero-order valence-corrected chi connectivity index (χ0v) is 16.8. The normalized spacial score (nSPS) is 12.4. The van der Waals surface area contributed by atoms with E-state index >= 15 is 0 Å². The summed E-state index contributed by atoms with van der Waals surface area (Å²) in [4.78, 5) is 34.5. The Bertz CT molecular complexity index is 428. The van der Waals surface area contributed by atoms with E-state index in [4.69, 9.17) is 3.44 Å². The van der Waals surface area contributed by atoms with Crippen LogP contribution in [0.2, 0.25) is 0 Å². The van der Waals surface area contributed by atoms with Crippen LogP contribution in [0, 0.1) is 5.92 Å². The van der Waals surface area contributed by atoms with Gasteiger partial charge in [-0.05, 0) is 12.8 Å². The van der Waals surface area contributed by atoms with Crippen molar-refractivity contribution in [2.45, 2.75) is 52.5 Å². The Morgan fingerprint density at radius 2 is 1.75 bits per heavy atom. The van der Waals surface area contributed by atoms with Crippen molar-refractivity contribution in [1.29, 1.82) is 0 Å². The molecule has 0 spiro atoms. The van der Waals surface area contributed by atoms with Crippen LogP contribution < -0.4 is 37.6 Å². The van der Waals surface area contributed by atoms with Crippen LogP contribution in [0.15, 0.2) is 10.2 Å². The fourth-order valence-electron chi connectivity index (χ4n) is 1.68. The van der Waals surface area contributed by atoms with Crippen LogP contribution in [-0.4, -0.2) is 40.3 Å². The molecule has 3 amide bonds. The molecule has 1 unspecified atom stereocenters. The van der Waals surface area contributed by atoms with Gasteiger partial charge in [0.2, 0.25) is 5.91 Å². The van der Waals surface area contributed by atoms with Gasteiger partial charge in [0.1, 0.15) is 0 Å². The van der Waals surface area contributed by atoms with Crippen LogP contribution in [0.25, 0.3) is 0 Å². The van der Waals surface area contributed by atoms with Crippen LogP contribution >= 0.6 is 0 Å². The summed E-state index contributed by atoms with van der Waals surface area (Å²) in [5.74, 6) is -0.166. The third kappa shape index (κ3) is 13.3. The first-order chi connectivity index (χ1) is 11.4. The number of nitrogens with one attached hydrogen (secondary N) is 3. The van der Waals surface area contributed by atoms with Gasteiger partial charge in [-0.1, -0.05) is 13.8 Å². The minimum absolute atomic E-state index is 0.00572. The van der Waals surface area contributed by atoms with Crippen LogP contribution in [0.5, 0.6) is 0 Å². The second-order valence-electron chi connectivity index (χ2n) is 5.87. The summed E-state index contributed by atoms with van der Waals surface area (Å²) >= 11 is -0.991. The molecule has 7 nitrogen and oxygen atoms in total. The summed E-state index contributed by atoms with van der Waals surface area (Å²) in [5, 5.41) is 8.14. The molecule has 0 bridgehead atoms. The zero-order valence-electron chi connectivity index (χ0n) is 14.6. The first-order valence-electron chi connectivity index (χ1n) is 8.14. The maximum absolute atomic E-state index is 11.6. The first-order valence-corrected chi connectivity index (χ1v) is 10.4. The number of hydrogen-bond acceptors (Lipinski definition) is 4. The molecule has 1 atom stereocenters. The molecule has 0 heterocycles. The second-order valence-corrected chi connectivity index (χ2v) is 7.15. The van der Waals surface area contributed by atoms with E-state index < -0.39 is 21.6 Å². The molecular formula is C16H29IN3O4-. The Kier molecular flexibility index (Phi) is 13.5. The number of amides is 3. The molecule has 0 aliphatic heterocycles. The Morgan fingerprint density at radius 1 is 1.04 bits per heavy atom. The monoisotopic (exact) mass is 454 g/mol. The van der Waals surface area contributed by atoms with Crippen molar-refractivity contribution in [3.63, 3.8) is 0 Å². The third-order valence-corrected chi connectivity index (χ3v) is 4.17. The van der Waals surface area contributed by atoms with E-state index in [0.29, 0.717) is 25.3 Å². The average Bonchev–Trinajstić information content (AvgIpc) is 2.53. The van der Waals surface area contributed by atoms with Crippen molar-refractivity contribution in [3.8, 4) is 0 Å². The SMILES string of the molecule is CC(C)C(C)NC(=O)CNC(=O)CCCCCNC(=O)/C=C\[I-]O. The number of carbonyl (C=O) groups is 3. The fraction of sp³-hybridized carbons (Fsp3) is 0.688. The number of carbonyl (C=O) groups excluding carboxylic acids is 3. The van der Waals surface area contributed by atoms with Gasteiger partial charge in [-0.25, -0.2) is 0 Å². The number of rotatable bonds is 12. The molecule has 0 aliphatic carbocycles. The van der Waals surface area contributed by atoms with E-state index in [1.807, 2.05) is 20.8 Å².